The topological polar surface area (TPSA) is 77.0 Å². The lowest BCUT2D eigenvalue weighted by Gasteiger charge is -2.31. The summed E-state index contributed by atoms with van der Waals surface area (Å²) in [6, 6.07) is 6.68. The maximum Gasteiger partial charge on any atom is 0.276 e. The Bertz CT molecular complexity index is 649. The van der Waals surface area contributed by atoms with Crippen molar-refractivity contribution in [1.29, 1.82) is 0 Å². The first-order valence-electron chi connectivity index (χ1n) is 7.41. The van der Waals surface area contributed by atoms with Crippen LogP contribution in [0.3, 0.4) is 0 Å². The quantitative estimate of drug-likeness (QED) is 0.862. The van der Waals surface area contributed by atoms with Crippen LogP contribution in [-0.4, -0.2) is 33.1 Å². The molecule has 7 heteroatoms. The summed E-state index contributed by atoms with van der Waals surface area (Å²) in [5.74, 6) is -0.463. The molecule has 22 heavy (non-hydrogen) atoms. The summed E-state index contributed by atoms with van der Waals surface area (Å²) in [5, 5.41) is 4.08. The summed E-state index contributed by atoms with van der Waals surface area (Å²) in [7, 11) is -3.60. The second-order valence-electron chi connectivity index (χ2n) is 5.69. The zero-order valence-corrected chi connectivity index (χ0v) is 13.4. The average Bonchev–Trinajstić information content (AvgIpc) is 2.96. The molecule has 0 radical (unpaired) electrons. The Balaban J connectivity index is 1.63. The molecule has 0 amide bonds. The highest BCUT2D eigenvalue weighted by molar-refractivity contribution is 7.89. The Hall–Kier alpha value is -1.44. The van der Waals surface area contributed by atoms with E-state index in [0.717, 1.165) is 24.1 Å². The van der Waals surface area contributed by atoms with Crippen LogP contribution in [0.25, 0.3) is 0 Å². The van der Waals surface area contributed by atoms with Crippen LogP contribution in [0.15, 0.2) is 34.3 Å². The number of sulfonamides is 1. The lowest BCUT2D eigenvalue weighted by molar-refractivity contribution is -0.167. The van der Waals surface area contributed by atoms with Crippen molar-refractivity contribution in [2.24, 2.45) is 5.10 Å². The number of ether oxygens (including phenoxy) is 2. The van der Waals surface area contributed by atoms with Crippen LogP contribution in [0.4, 0.5) is 0 Å². The summed E-state index contributed by atoms with van der Waals surface area (Å²) in [6.45, 7) is 3.17. The summed E-state index contributed by atoms with van der Waals surface area (Å²) in [5.41, 5.74) is 1.85. The minimum atomic E-state index is -3.60. The zero-order valence-electron chi connectivity index (χ0n) is 12.5. The number of benzene rings is 1. The molecule has 1 spiro atoms. The van der Waals surface area contributed by atoms with Gasteiger partial charge >= 0.3 is 0 Å². The molecule has 0 atom stereocenters. The van der Waals surface area contributed by atoms with E-state index in [1.54, 1.807) is 24.3 Å². The third kappa shape index (κ3) is 3.31. The maximum atomic E-state index is 12.2. The number of hydrogen-bond donors (Lipinski definition) is 1. The molecule has 1 aliphatic heterocycles. The molecule has 0 unspecified atom stereocenters. The van der Waals surface area contributed by atoms with Gasteiger partial charge in [0, 0.05) is 18.6 Å². The van der Waals surface area contributed by atoms with Crippen LogP contribution in [0.5, 0.6) is 0 Å². The largest absolute Gasteiger partial charge is 0.348 e. The van der Waals surface area contributed by atoms with Crippen LogP contribution in [0, 0.1) is 6.92 Å². The van der Waals surface area contributed by atoms with E-state index in [0.29, 0.717) is 26.1 Å². The standard InChI is InChI=1S/C15H20N2O4S/c1-12-2-4-14(5-3-12)22(18,19)17-16-13-6-8-15(9-7-13)20-10-11-21-15/h2-5,17H,6-11H2,1H3. The molecule has 0 aromatic heterocycles. The van der Waals surface area contributed by atoms with Crippen LogP contribution < -0.4 is 4.83 Å². The predicted molar refractivity (Wildman–Crippen MR) is 82.0 cm³/mol. The second-order valence-corrected chi connectivity index (χ2v) is 7.35. The van der Waals surface area contributed by atoms with Gasteiger partial charge < -0.3 is 9.47 Å². The average molecular weight is 324 g/mol. The number of nitrogens with zero attached hydrogens (tertiary/aromatic N) is 1. The Kier molecular flexibility index (Phi) is 4.20. The van der Waals surface area contributed by atoms with Gasteiger partial charge in [0.1, 0.15) is 0 Å². The van der Waals surface area contributed by atoms with E-state index in [2.05, 4.69) is 9.93 Å². The van der Waals surface area contributed by atoms with Crippen LogP contribution >= 0.6 is 0 Å². The summed E-state index contributed by atoms with van der Waals surface area (Å²) in [4.78, 5) is 2.54. The predicted octanol–water partition coefficient (Wildman–Crippen LogP) is 1.95. The molecule has 2 fully saturated rings. The smallest absolute Gasteiger partial charge is 0.276 e. The first kappa shape index (κ1) is 15.5. The molecule has 1 aromatic carbocycles. The molecular formula is C15H20N2O4S. The normalized spacial score (nSPS) is 21.0. The van der Waals surface area contributed by atoms with Gasteiger partial charge in [0.25, 0.3) is 10.0 Å². The molecule has 120 valence electrons. The molecule has 1 aromatic rings. The van der Waals surface area contributed by atoms with E-state index in [-0.39, 0.29) is 4.90 Å². The molecule has 6 nitrogen and oxygen atoms in total. The van der Waals surface area contributed by atoms with Crippen molar-refractivity contribution in [3.63, 3.8) is 0 Å². The molecule has 1 heterocycles. The molecule has 0 bridgehead atoms. The molecule has 1 aliphatic carbocycles. The monoisotopic (exact) mass is 324 g/mol. The first-order chi connectivity index (χ1) is 10.5. The third-order valence-electron chi connectivity index (χ3n) is 4.06. The maximum absolute atomic E-state index is 12.2. The summed E-state index contributed by atoms with van der Waals surface area (Å²) < 4.78 is 35.6. The van der Waals surface area contributed by atoms with E-state index >= 15 is 0 Å². The lowest BCUT2D eigenvalue weighted by atomic mass is 9.92. The highest BCUT2D eigenvalue weighted by Crippen LogP contribution is 2.34. The fraction of sp³-hybridized carbons (Fsp3) is 0.533. The van der Waals surface area contributed by atoms with Crippen molar-refractivity contribution in [2.75, 3.05) is 13.2 Å². The van der Waals surface area contributed by atoms with Crippen molar-refractivity contribution in [1.82, 2.24) is 4.83 Å². The van der Waals surface area contributed by atoms with Gasteiger partial charge in [0.15, 0.2) is 5.79 Å². The molecule has 1 saturated carbocycles. The number of hydrazone groups is 1. The second kappa shape index (κ2) is 5.98. The third-order valence-corrected chi connectivity index (χ3v) is 5.28. The SMILES string of the molecule is Cc1ccc(S(=O)(=O)NN=C2CCC3(CC2)OCCO3)cc1. The van der Waals surface area contributed by atoms with Gasteiger partial charge in [-0.3, -0.25) is 0 Å². The van der Waals surface area contributed by atoms with Gasteiger partial charge in [0.05, 0.1) is 18.1 Å². The summed E-state index contributed by atoms with van der Waals surface area (Å²) >= 11 is 0. The first-order valence-corrected chi connectivity index (χ1v) is 8.89. The fourth-order valence-corrected chi connectivity index (χ4v) is 3.56. The molecule has 2 aliphatic rings. The summed E-state index contributed by atoms with van der Waals surface area (Å²) in [6.07, 6.45) is 2.79. The number of nitrogens with one attached hydrogen (secondary N) is 1. The molecular weight excluding hydrogens is 304 g/mol. The van der Waals surface area contributed by atoms with E-state index in [4.69, 9.17) is 9.47 Å². The number of rotatable bonds is 3. The number of aryl methyl sites for hydroxylation is 1. The van der Waals surface area contributed by atoms with Gasteiger partial charge in [-0.15, -0.1) is 0 Å². The Morgan fingerprint density at radius 3 is 2.27 bits per heavy atom. The Morgan fingerprint density at radius 1 is 1.09 bits per heavy atom. The highest BCUT2D eigenvalue weighted by Gasteiger charge is 2.39. The van der Waals surface area contributed by atoms with Crippen molar-refractivity contribution in [2.45, 2.75) is 43.3 Å². The van der Waals surface area contributed by atoms with Gasteiger partial charge in [-0.1, -0.05) is 17.7 Å². The number of hydrogen-bond acceptors (Lipinski definition) is 5. The van der Waals surface area contributed by atoms with E-state index in [1.165, 1.54) is 0 Å². The van der Waals surface area contributed by atoms with Crippen LogP contribution in [0.1, 0.15) is 31.2 Å². The van der Waals surface area contributed by atoms with E-state index in [1.807, 2.05) is 6.92 Å². The van der Waals surface area contributed by atoms with Crippen molar-refractivity contribution < 1.29 is 17.9 Å². The van der Waals surface area contributed by atoms with E-state index < -0.39 is 15.8 Å². The minimum absolute atomic E-state index is 0.220. The van der Waals surface area contributed by atoms with Crippen LogP contribution in [0.2, 0.25) is 0 Å². The van der Waals surface area contributed by atoms with Crippen molar-refractivity contribution in [3.05, 3.63) is 29.8 Å². The van der Waals surface area contributed by atoms with Gasteiger partial charge in [-0.2, -0.15) is 13.5 Å². The molecule has 3 rings (SSSR count). The van der Waals surface area contributed by atoms with Crippen LogP contribution in [-0.2, 0) is 19.5 Å². The lowest BCUT2D eigenvalue weighted by Crippen LogP contribution is -2.36. The zero-order chi connectivity index (χ0) is 15.6. The van der Waals surface area contributed by atoms with Gasteiger partial charge in [-0.25, -0.2) is 4.83 Å². The van der Waals surface area contributed by atoms with Crippen molar-refractivity contribution in [3.8, 4) is 0 Å². The Morgan fingerprint density at radius 2 is 1.68 bits per heavy atom. The highest BCUT2D eigenvalue weighted by atomic mass is 32.2. The fourth-order valence-electron chi connectivity index (χ4n) is 2.71. The molecule has 1 N–H and O–H groups in total. The van der Waals surface area contributed by atoms with Gasteiger partial charge in [-0.05, 0) is 31.9 Å². The molecule has 1 saturated heterocycles. The van der Waals surface area contributed by atoms with Crippen molar-refractivity contribution >= 4 is 15.7 Å². The van der Waals surface area contributed by atoms with E-state index in [9.17, 15) is 8.42 Å². The van der Waals surface area contributed by atoms with Gasteiger partial charge in [0.2, 0.25) is 0 Å². The Labute approximate surface area is 130 Å². The minimum Gasteiger partial charge on any atom is -0.348 e.